The van der Waals surface area contributed by atoms with Crippen molar-refractivity contribution in [1.29, 1.82) is 5.26 Å². The summed E-state index contributed by atoms with van der Waals surface area (Å²) in [6, 6.07) is 3.08. The second-order valence-corrected chi connectivity index (χ2v) is 5.65. The molecule has 1 aliphatic rings. The van der Waals surface area contributed by atoms with Crippen LogP contribution in [0.1, 0.15) is 39.5 Å². The number of thioether (sulfide) groups is 1. The summed E-state index contributed by atoms with van der Waals surface area (Å²) in [6.07, 6.45) is 4.78. The standard InChI is InChI=1S/C12H22N2S/c1-3-10(2)9-15-7-6-12(8-13)14-11-4-5-11/h10-12,14H,3-7,9H2,1-2H3. The monoisotopic (exact) mass is 226 g/mol. The molecule has 1 aliphatic carbocycles. The molecule has 2 unspecified atom stereocenters. The molecule has 3 heteroatoms. The number of nitriles is 1. The number of nitrogens with one attached hydrogen (secondary N) is 1. The van der Waals surface area contributed by atoms with Crippen molar-refractivity contribution in [2.24, 2.45) is 5.92 Å². The second kappa shape index (κ2) is 7.14. The fourth-order valence-corrected chi connectivity index (χ4v) is 2.53. The van der Waals surface area contributed by atoms with Crippen LogP contribution in [0.2, 0.25) is 0 Å². The maximum atomic E-state index is 8.94. The third-order valence-corrected chi connectivity index (χ3v) is 4.15. The van der Waals surface area contributed by atoms with Crippen molar-refractivity contribution in [3.05, 3.63) is 0 Å². The summed E-state index contributed by atoms with van der Waals surface area (Å²) in [7, 11) is 0. The zero-order chi connectivity index (χ0) is 11.1. The maximum Gasteiger partial charge on any atom is 0.0963 e. The minimum atomic E-state index is 0.0851. The summed E-state index contributed by atoms with van der Waals surface area (Å²) < 4.78 is 0. The highest BCUT2D eigenvalue weighted by molar-refractivity contribution is 7.99. The smallest absolute Gasteiger partial charge is 0.0963 e. The molecule has 15 heavy (non-hydrogen) atoms. The molecule has 0 aliphatic heterocycles. The van der Waals surface area contributed by atoms with Gasteiger partial charge in [0.25, 0.3) is 0 Å². The van der Waals surface area contributed by atoms with Crippen LogP contribution in [0.5, 0.6) is 0 Å². The minimum Gasteiger partial charge on any atom is -0.299 e. The van der Waals surface area contributed by atoms with E-state index < -0.39 is 0 Å². The van der Waals surface area contributed by atoms with Gasteiger partial charge in [-0.3, -0.25) is 5.32 Å². The van der Waals surface area contributed by atoms with Gasteiger partial charge in [0.05, 0.1) is 12.1 Å². The van der Waals surface area contributed by atoms with Gasteiger partial charge in [-0.05, 0) is 36.7 Å². The molecular formula is C12H22N2S. The van der Waals surface area contributed by atoms with Crippen molar-refractivity contribution in [2.75, 3.05) is 11.5 Å². The van der Waals surface area contributed by atoms with Crippen molar-refractivity contribution >= 4 is 11.8 Å². The fraction of sp³-hybridized carbons (Fsp3) is 0.917. The molecule has 2 nitrogen and oxygen atoms in total. The molecule has 0 spiro atoms. The van der Waals surface area contributed by atoms with Crippen molar-refractivity contribution in [3.8, 4) is 6.07 Å². The molecule has 0 saturated heterocycles. The van der Waals surface area contributed by atoms with Gasteiger partial charge in [-0.1, -0.05) is 20.3 Å². The van der Waals surface area contributed by atoms with Crippen LogP contribution < -0.4 is 5.32 Å². The lowest BCUT2D eigenvalue weighted by Gasteiger charge is -2.11. The highest BCUT2D eigenvalue weighted by Crippen LogP contribution is 2.20. The molecule has 86 valence electrons. The molecule has 2 atom stereocenters. The van der Waals surface area contributed by atoms with Crippen LogP contribution in [0.15, 0.2) is 0 Å². The number of hydrogen-bond donors (Lipinski definition) is 1. The van der Waals surface area contributed by atoms with E-state index in [1.54, 1.807) is 0 Å². The molecule has 0 heterocycles. The van der Waals surface area contributed by atoms with Crippen LogP contribution in [0, 0.1) is 17.2 Å². The van der Waals surface area contributed by atoms with Gasteiger partial charge in [-0.25, -0.2) is 0 Å². The quantitative estimate of drug-likeness (QED) is 0.646. The molecule has 0 aromatic carbocycles. The summed E-state index contributed by atoms with van der Waals surface area (Å²) in [5.41, 5.74) is 0. The predicted molar refractivity (Wildman–Crippen MR) is 67.0 cm³/mol. The van der Waals surface area contributed by atoms with Crippen LogP contribution in [-0.4, -0.2) is 23.6 Å². The minimum absolute atomic E-state index is 0.0851. The molecule has 0 amide bonds. The Morgan fingerprint density at radius 3 is 2.80 bits per heavy atom. The number of nitrogens with zero attached hydrogens (tertiary/aromatic N) is 1. The van der Waals surface area contributed by atoms with Gasteiger partial charge in [0.1, 0.15) is 0 Å². The maximum absolute atomic E-state index is 8.94. The van der Waals surface area contributed by atoms with Crippen molar-refractivity contribution in [3.63, 3.8) is 0 Å². The van der Waals surface area contributed by atoms with E-state index in [0.717, 1.165) is 18.1 Å². The highest BCUT2D eigenvalue weighted by Gasteiger charge is 2.24. The Labute approximate surface area is 97.8 Å². The van der Waals surface area contributed by atoms with Crippen LogP contribution in [0.25, 0.3) is 0 Å². The van der Waals surface area contributed by atoms with Crippen LogP contribution in [-0.2, 0) is 0 Å². The number of rotatable bonds is 8. The fourth-order valence-electron chi connectivity index (χ4n) is 1.32. The number of hydrogen-bond acceptors (Lipinski definition) is 3. The van der Waals surface area contributed by atoms with Crippen molar-refractivity contribution in [1.82, 2.24) is 5.32 Å². The Morgan fingerprint density at radius 1 is 1.53 bits per heavy atom. The Kier molecular flexibility index (Phi) is 6.12. The lowest BCUT2D eigenvalue weighted by molar-refractivity contribution is 0.586. The lowest BCUT2D eigenvalue weighted by atomic mass is 10.2. The van der Waals surface area contributed by atoms with E-state index in [1.165, 1.54) is 25.0 Å². The summed E-state index contributed by atoms with van der Waals surface area (Å²) in [4.78, 5) is 0. The van der Waals surface area contributed by atoms with Gasteiger partial charge in [-0.15, -0.1) is 0 Å². The van der Waals surface area contributed by atoms with Gasteiger partial charge in [0, 0.05) is 6.04 Å². The third kappa shape index (κ3) is 6.06. The summed E-state index contributed by atoms with van der Waals surface area (Å²) >= 11 is 1.99. The highest BCUT2D eigenvalue weighted by atomic mass is 32.2. The first-order chi connectivity index (χ1) is 7.26. The topological polar surface area (TPSA) is 35.8 Å². The van der Waals surface area contributed by atoms with Gasteiger partial charge in [-0.2, -0.15) is 17.0 Å². The van der Waals surface area contributed by atoms with Gasteiger partial charge in [0.15, 0.2) is 0 Å². The van der Waals surface area contributed by atoms with Crippen LogP contribution in [0.3, 0.4) is 0 Å². The molecule has 0 aromatic heterocycles. The Hall–Kier alpha value is -0.200. The predicted octanol–water partition coefficient (Wildman–Crippen LogP) is 2.80. The van der Waals surface area contributed by atoms with E-state index in [9.17, 15) is 0 Å². The summed E-state index contributed by atoms with van der Waals surface area (Å²) in [5, 5.41) is 12.3. The zero-order valence-electron chi connectivity index (χ0n) is 9.83. The van der Waals surface area contributed by atoms with Crippen LogP contribution >= 0.6 is 11.8 Å². The van der Waals surface area contributed by atoms with Crippen molar-refractivity contribution in [2.45, 2.75) is 51.6 Å². The van der Waals surface area contributed by atoms with Gasteiger partial charge < -0.3 is 0 Å². The molecule has 1 rings (SSSR count). The van der Waals surface area contributed by atoms with E-state index in [-0.39, 0.29) is 6.04 Å². The van der Waals surface area contributed by atoms with Crippen molar-refractivity contribution < 1.29 is 0 Å². The van der Waals surface area contributed by atoms with E-state index in [2.05, 4.69) is 25.2 Å². The second-order valence-electron chi connectivity index (χ2n) is 4.50. The first-order valence-corrected chi connectivity index (χ1v) is 7.15. The summed E-state index contributed by atoms with van der Waals surface area (Å²) in [5.74, 6) is 3.16. The van der Waals surface area contributed by atoms with E-state index in [4.69, 9.17) is 5.26 Å². The molecular weight excluding hydrogens is 204 g/mol. The average molecular weight is 226 g/mol. The van der Waals surface area contributed by atoms with E-state index in [0.29, 0.717) is 6.04 Å². The normalized spacial score (nSPS) is 19.5. The zero-order valence-corrected chi connectivity index (χ0v) is 10.6. The van der Waals surface area contributed by atoms with Gasteiger partial charge in [0.2, 0.25) is 0 Å². The van der Waals surface area contributed by atoms with E-state index >= 15 is 0 Å². The first-order valence-electron chi connectivity index (χ1n) is 5.99. The molecule has 0 aromatic rings. The first kappa shape index (κ1) is 12.9. The van der Waals surface area contributed by atoms with E-state index in [1.807, 2.05) is 11.8 Å². The SMILES string of the molecule is CCC(C)CSCCC(C#N)NC1CC1. The average Bonchev–Trinajstić information content (AvgIpc) is 3.05. The largest absolute Gasteiger partial charge is 0.299 e. The molecule has 1 fully saturated rings. The molecule has 0 radical (unpaired) electrons. The third-order valence-electron chi connectivity index (χ3n) is 2.82. The summed E-state index contributed by atoms with van der Waals surface area (Å²) in [6.45, 7) is 4.52. The molecule has 0 bridgehead atoms. The Balaban J connectivity index is 1.99. The Bertz CT molecular complexity index is 208. The lowest BCUT2D eigenvalue weighted by Crippen LogP contribution is -2.30. The molecule has 1 N–H and O–H groups in total. The Morgan fingerprint density at radius 2 is 2.27 bits per heavy atom. The van der Waals surface area contributed by atoms with Gasteiger partial charge >= 0.3 is 0 Å². The molecule has 1 saturated carbocycles. The van der Waals surface area contributed by atoms with Crippen LogP contribution in [0.4, 0.5) is 0 Å².